The number of para-hydroxylation sites is 1. The van der Waals surface area contributed by atoms with Crippen molar-refractivity contribution >= 4 is 34.3 Å². The van der Waals surface area contributed by atoms with Crippen molar-refractivity contribution in [3.63, 3.8) is 0 Å². The van der Waals surface area contributed by atoms with E-state index in [1.54, 1.807) is 12.3 Å². The molecule has 6 nitrogen and oxygen atoms in total. The molecule has 1 fully saturated rings. The molecule has 0 aliphatic carbocycles. The smallest absolute Gasteiger partial charge is 0.229 e. The van der Waals surface area contributed by atoms with Gasteiger partial charge in [-0.3, -0.25) is 24.3 Å². The van der Waals surface area contributed by atoms with E-state index in [4.69, 9.17) is 0 Å². The first-order valence-corrected chi connectivity index (χ1v) is 7.62. The molecule has 1 saturated heterocycles. The zero-order chi connectivity index (χ0) is 16.2. The lowest BCUT2D eigenvalue weighted by molar-refractivity contribution is -0.138. The maximum Gasteiger partial charge on any atom is 0.229 e. The first-order valence-electron chi connectivity index (χ1n) is 7.62. The van der Waals surface area contributed by atoms with Crippen molar-refractivity contribution in [3.05, 3.63) is 36.5 Å². The number of nitrogens with one attached hydrogen (secondary N) is 1. The average Bonchev–Trinajstić information content (AvgIpc) is 2.87. The molecule has 1 aromatic heterocycles. The van der Waals surface area contributed by atoms with Gasteiger partial charge in [-0.1, -0.05) is 18.2 Å². The zero-order valence-corrected chi connectivity index (χ0v) is 12.6. The molecule has 0 unspecified atom stereocenters. The number of rotatable bonds is 5. The number of anilines is 1. The Bertz CT molecular complexity index is 751. The molecular weight excluding hydrogens is 294 g/mol. The molecule has 1 aliphatic heterocycles. The van der Waals surface area contributed by atoms with Crippen LogP contribution >= 0.6 is 0 Å². The minimum Gasteiger partial charge on any atom is -0.324 e. The van der Waals surface area contributed by atoms with Crippen LogP contribution in [0.3, 0.4) is 0 Å². The van der Waals surface area contributed by atoms with Crippen LogP contribution in [0.1, 0.15) is 25.7 Å². The summed E-state index contributed by atoms with van der Waals surface area (Å²) in [6, 6.07) is 9.38. The van der Waals surface area contributed by atoms with Gasteiger partial charge in [0.25, 0.3) is 0 Å². The number of hydrogen-bond donors (Lipinski definition) is 1. The fraction of sp³-hybridized carbons (Fsp3) is 0.294. The van der Waals surface area contributed by atoms with Gasteiger partial charge in [0, 0.05) is 37.4 Å². The Labute approximate surface area is 133 Å². The summed E-state index contributed by atoms with van der Waals surface area (Å²) in [4.78, 5) is 40.6. The summed E-state index contributed by atoms with van der Waals surface area (Å²) in [5, 5.41) is 3.80. The van der Waals surface area contributed by atoms with Gasteiger partial charge in [-0.15, -0.1) is 0 Å². The van der Waals surface area contributed by atoms with Gasteiger partial charge in [0.05, 0.1) is 11.2 Å². The van der Waals surface area contributed by atoms with Gasteiger partial charge in [0.2, 0.25) is 17.7 Å². The van der Waals surface area contributed by atoms with Crippen molar-refractivity contribution in [2.75, 3.05) is 11.9 Å². The molecule has 2 heterocycles. The van der Waals surface area contributed by atoms with Crippen LogP contribution in [0.2, 0.25) is 0 Å². The predicted molar refractivity (Wildman–Crippen MR) is 85.6 cm³/mol. The molecule has 3 rings (SSSR count). The predicted octanol–water partition coefficient (Wildman–Crippen LogP) is 2.10. The Balaban J connectivity index is 1.57. The van der Waals surface area contributed by atoms with Crippen molar-refractivity contribution in [2.45, 2.75) is 25.7 Å². The van der Waals surface area contributed by atoms with E-state index in [2.05, 4.69) is 10.3 Å². The van der Waals surface area contributed by atoms with E-state index in [1.165, 1.54) is 4.90 Å². The molecule has 0 spiro atoms. The summed E-state index contributed by atoms with van der Waals surface area (Å²) in [6.07, 6.45) is 2.96. The number of amides is 3. The molecule has 23 heavy (non-hydrogen) atoms. The van der Waals surface area contributed by atoms with Gasteiger partial charge in [0.15, 0.2) is 0 Å². The molecule has 0 radical (unpaired) electrons. The molecule has 118 valence electrons. The monoisotopic (exact) mass is 311 g/mol. The molecule has 0 saturated carbocycles. The first kappa shape index (κ1) is 15.1. The number of benzene rings is 1. The third kappa shape index (κ3) is 3.36. The molecule has 1 N–H and O–H groups in total. The van der Waals surface area contributed by atoms with Crippen LogP contribution in [0.5, 0.6) is 0 Å². The molecule has 6 heteroatoms. The van der Waals surface area contributed by atoms with Gasteiger partial charge in [0.1, 0.15) is 0 Å². The zero-order valence-electron chi connectivity index (χ0n) is 12.6. The normalized spacial score (nSPS) is 14.5. The third-order valence-electron chi connectivity index (χ3n) is 3.85. The lowest BCUT2D eigenvalue weighted by atomic mass is 10.2. The SMILES string of the molecule is O=C(CCCN1C(=O)CCC1=O)Nc1cccc2cccnc12. The van der Waals surface area contributed by atoms with Crippen LogP contribution in [0.25, 0.3) is 10.9 Å². The van der Waals surface area contributed by atoms with E-state index < -0.39 is 0 Å². The Hall–Kier alpha value is -2.76. The topological polar surface area (TPSA) is 79.4 Å². The Morgan fingerprint density at radius 1 is 1.13 bits per heavy atom. The Morgan fingerprint density at radius 2 is 1.87 bits per heavy atom. The lowest BCUT2D eigenvalue weighted by Crippen LogP contribution is -2.30. The van der Waals surface area contributed by atoms with Crippen LogP contribution in [-0.2, 0) is 14.4 Å². The molecule has 1 aromatic carbocycles. The van der Waals surface area contributed by atoms with Crippen LogP contribution in [0.15, 0.2) is 36.5 Å². The summed E-state index contributed by atoms with van der Waals surface area (Å²) in [7, 11) is 0. The standard InChI is InChI=1S/C17H17N3O3/c21-14(7-3-11-20-15(22)8-9-16(20)23)19-13-6-1-4-12-5-2-10-18-17(12)13/h1-2,4-6,10H,3,7-9,11H2,(H,19,21). The maximum absolute atomic E-state index is 12.1. The van der Waals surface area contributed by atoms with Gasteiger partial charge in [-0.25, -0.2) is 0 Å². The third-order valence-corrected chi connectivity index (χ3v) is 3.85. The van der Waals surface area contributed by atoms with Crippen LogP contribution in [-0.4, -0.2) is 34.2 Å². The number of hydrogen-bond acceptors (Lipinski definition) is 4. The number of carbonyl (C=O) groups is 3. The van der Waals surface area contributed by atoms with Crippen LogP contribution < -0.4 is 5.32 Å². The molecule has 1 aliphatic rings. The highest BCUT2D eigenvalue weighted by Crippen LogP contribution is 2.21. The van der Waals surface area contributed by atoms with E-state index >= 15 is 0 Å². The van der Waals surface area contributed by atoms with Gasteiger partial charge < -0.3 is 5.32 Å². The number of fused-ring (bicyclic) bond motifs is 1. The van der Waals surface area contributed by atoms with E-state index in [1.807, 2.05) is 24.3 Å². The van der Waals surface area contributed by atoms with Gasteiger partial charge >= 0.3 is 0 Å². The Kier molecular flexibility index (Phi) is 4.32. The molecule has 2 aromatic rings. The first-order chi connectivity index (χ1) is 11.1. The minimum absolute atomic E-state index is 0.145. The van der Waals surface area contributed by atoms with E-state index in [-0.39, 0.29) is 37.0 Å². The molecule has 0 atom stereocenters. The van der Waals surface area contributed by atoms with Gasteiger partial charge in [-0.2, -0.15) is 0 Å². The molecular formula is C17H17N3O3. The number of nitrogens with zero attached hydrogens (tertiary/aromatic N) is 2. The summed E-state index contributed by atoms with van der Waals surface area (Å²) in [5.41, 5.74) is 1.41. The lowest BCUT2D eigenvalue weighted by Gasteiger charge is -2.13. The highest BCUT2D eigenvalue weighted by molar-refractivity contribution is 6.02. The van der Waals surface area contributed by atoms with E-state index in [0.717, 1.165) is 10.9 Å². The molecule has 3 amide bonds. The highest BCUT2D eigenvalue weighted by Gasteiger charge is 2.28. The average molecular weight is 311 g/mol. The highest BCUT2D eigenvalue weighted by atomic mass is 16.2. The van der Waals surface area contributed by atoms with Crippen molar-refractivity contribution in [3.8, 4) is 0 Å². The second-order valence-corrected chi connectivity index (χ2v) is 5.47. The van der Waals surface area contributed by atoms with Crippen molar-refractivity contribution in [1.29, 1.82) is 0 Å². The minimum atomic E-state index is -0.151. The van der Waals surface area contributed by atoms with E-state index in [0.29, 0.717) is 18.7 Å². The number of pyridine rings is 1. The number of imide groups is 1. The van der Waals surface area contributed by atoms with Crippen molar-refractivity contribution in [1.82, 2.24) is 9.88 Å². The number of aromatic nitrogens is 1. The summed E-state index contributed by atoms with van der Waals surface area (Å²) < 4.78 is 0. The van der Waals surface area contributed by atoms with Crippen molar-refractivity contribution in [2.24, 2.45) is 0 Å². The fourth-order valence-corrected chi connectivity index (χ4v) is 2.69. The summed E-state index contributed by atoms with van der Waals surface area (Å²) in [6.45, 7) is 0.304. The van der Waals surface area contributed by atoms with Gasteiger partial charge in [-0.05, 0) is 18.6 Å². The number of carbonyl (C=O) groups excluding carboxylic acids is 3. The number of likely N-dealkylation sites (tertiary alicyclic amines) is 1. The Morgan fingerprint density at radius 3 is 2.65 bits per heavy atom. The van der Waals surface area contributed by atoms with E-state index in [9.17, 15) is 14.4 Å². The summed E-state index contributed by atoms with van der Waals surface area (Å²) >= 11 is 0. The molecule has 0 bridgehead atoms. The van der Waals surface area contributed by atoms with Crippen LogP contribution in [0, 0.1) is 0 Å². The second kappa shape index (κ2) is 6.56. The fourth-order valence-electron chi connectivity index (χ4n) is 2.69. The largest absolute Gasteiger partial charge is 0.324 e. The van der Waals surface area contributed by atoms with Crippen LogP contribution in [0.4, 0.5) is 5.69 Å². The summed E-state index contributed by atoms with van der Waals surface area (Å²) in [5.74, 6) is -0.440. The quantitative estimate of drug-likeness (QED) is 0.858. The van der Waals surface area contributed by atoms with Crippen molar-refractivity contribution < 1.29 is 14.4 Å². The second-order valence-electron chi connectivity index (χ2n) is 5.47. The maximum atomic E-state index is 12.1.